The maximum Gasteiger partial charge on any atom is 0.330 e. The van der Waals surface area contributed by atoms with Crippen LogP contribution in [0.3, 0.4) is 0 Å². The van der Waals surface area contributed by atoms with Gasteiger partial charge < -0.3 is 4.74 Å². The van der Waals surface area contributed by atoms with Crippen molar-refractivity contribution in [3.05, 3.63) is 12.7 Å². The largest absolute Gasteiger partial charge is 0.463 e. The SMILES string of the molecule is C=CC(=O)OCCC(C)(C)C(CC)S(=O)(=O)ON. The van der Waals surface area contributed by atoms with Crippen LogP contribution in [0, 0.1) is 5.41 Å². The molecule has 0 radical (unpaired) electrons. The van der Waals surface area contributed by atoms with Crippen LogP contribution in [0.25, 0.3) is 0 Å². The molecule has 0 aromatic heterocycles. The van der Waals surface area contributed by atoms with Gasteiger partial charge in [-0.1, -0.05) is 27.4 Å². The highest BCUT2D eigenvalue weighted by molar-refractivity contribution is 7.87. The zero-order valence-electron chi connectivity index (χ0n) is 11.0. The smallest absolute Gasteiger partial charge is 0.330 e. The average Bonchev–Trinajstić information content (AvgIpc) is 2.28. The van der Waals surface area contributed by atoms with Crippen molar-refractivity contribution in [3.8, 4) is 0 Å². The lowest BCUT2D eigenvalue weighted by Gasteiger charge is -2.31. The molecular formula is C11H21NO5S. The van der Waals surface area contributed by atoms with Crippen LogP contribution in [0.5, 0.6) is 0 Å². The highest BCUT2D eigenvalue weighted by Crippen LogP contribution is 2.32. The van der Waals surface area contributed by atoms with Crippen molar-refractivity contribution in [2.75, 3.05) is 6.61 Å². The van der Waals surface area contributed by atoms with Gasteiger partial charge in [0.1, 0.15) is 0 Å². The van der Waals surface area contributed by atoms with Gasteiger partial charge in [-0.15, -0.1) is 0 Å². The second-order valence-corrected chi connectivity index (χ2v) is 6.34. The van der Waals surface area contributed by atoms with E-state index in [-0.39, 0.29) is 6.61 Å². The van der Waals surface area contributed by atoms with Crippen LogP contribution in [0.4, 0.5) is 0 Å². The quantitative estimate of drug-likeness (QED) is 0.406. The van der Waals surface area contributed by atoms with Crippen LogP contribution in [0.15, 0.2) is 12.7 Å². The standard InChI is InChI=1S/C11H21NO5S/c1-5-9(18(14,15)17-12)11(3,4)7-8-16-10(13)6-2/h6,9H,2,5,7-8,12H2,1,3-4H3. The van der Waals surface area contributed by atoms with Gasteiger partial charge in [0.15, 0.2) is 0 Å². The summed E-state index contributed by atoms with van der Waals surface area (Å²) in [7, 11) is -3.81. The summed E-state index contributed by atoms with van der Waals surface area (Å²) < 4.78 is 32.2. The molecule has 18 heavy (non-hydrogen) atoms. The van der Waals surface area contributed by atoms with Crippen molar-refractivity contribution in [3.63, 3.8) is 0 Å². The molecule has 6 nitrogen and oxygen atoms in total. The van der Waals surface area contributed by atoms with E-state index in [4.69, 9.17) is 10.6 Å². The number of hydrogen-bond donors (Lipinski definition) is 1. The maximum absolute atomic E-state index is 11.7. The second-order valence-electron chi connectivity index (χ2n) is 4.60. The minimum atomic E-state index is -3.81. The number of carbonyl (C=O) groups excluding carboxylic acids is 1. The first-order valence-corrected chi connectivity index (χ1v) is 7.09. The molecule has 0 aliphatic carbocycles. The Labute approximate surface area is 108 Å². The van der Waals surface area contributed by atoms with Crippen molar-refractivity contribution in [2.24, 2.45) is 11.3 Å². The van der Waals surface area contributed by atoms with Crippen LogP contribution in [-0.4, -0.2) is 26.2 Å². The third-order valence-corrected chi connectivity index (χ3v) is 4.82. The Morgan fingerprint density at radius 1 is 1.50 bits per heavy atom. The highest BCUT2D eigenvalue weighted by atomic mass is 32.2. The van der Waals surface area contributed by atoms with E-state index in [1.165, 1.54) is 0 Å². The number of carbonyl (C=O) groups is 1. The van der Waals surface area contributed by atoms with Crippen molar-refractivity contribution in [1.29, 1.82) is 0 Å². The molecule has 0 aromatic rings. The van der Waals surface area contributed by atoms with Gasteiger partial charge >= 0.3 is 5.97 Å². The molecule has 0 heterocycles. The van der Waals surface area contributed by atoms with Crippen LogP contribution in [0.2, 0.25) is 0 Å². The van der Waals surface area contributed by atoms with Crippen LogP contribution in [0.1, 0.15) is 33.6 Å². The number of esters is 1. The van der Waals surface area contributed by atoms with E-state index in [1.54, 1.807) is 20.8 Å². The first-order valence-electron chi connectivity index (χ1n) is 5.62. The van der Waals surface area contributed by atoms with Crippen molar-refractivity contribution in [1.82, 2.24) is 0 Å². The highest BCUT2D eigenvalue weighted by Gasteiger charge is 2.38. The molecule has 0 saturated carbocycles. The van der Waals surface area contributed by atoms with Crippen LogP contribution < -0.4 is 5.90 Å². The number of ether oxygens (including phenoxy) is 1. The zero-order chi connectivity index (χ0) is 14.4. The normalized spacial score (nSPS) is 14.0. The third kappa shape index (κ3) is 4.75. The minimum absolute atomic E-state index is 0.119. The zero-order valence-corrected chi connectivity index (χ0v) is 11.8. The Bertz CT molecular complexity index is 388. The Kier molecular flexibility index (Phi) is 6.51. The summed E-state index contributed by atoms with van der Waals surface area (Å²) in [6.07, 6.45) is 1.81. The predicted octanol–water partition coefficient (Wildman–Crippen LogP) is 1.13. The Morgan fingerprint density at radius 2 is 2.06 bits per heavy atom. The molecule has 0 aliphatic rings. The van der Waals surface area contributed by atoms with E-state index in [1.807, 2.05) is 0 Å². The molecule has 1 atom stereocenters. The van der Waals surface area contributed by atoms with Gasteiger partial charge in [0.05, 0.1) is 11.9 Å². The van der Waals surface area contributed by atoms with E-state index >= 15 is 0 Å². The van der Waals surface area contributed by atoms with Crippen LogP contribution >= 0.6 is 0 Å². The summed E-state index contributed by atoms with van der Waals surface area (Å²) in [6.45, 7) is 8.65. The first kappa shape index (κ1) is 17.1. The molecule has 0 bridgehead atoms. The lowest BCUT2D eigenvalue weighted by atomic mass is 9.84. The number of rotatable bonds is 8. The van der Waals surface area contributed by atoms with Gasteiger partial charge in [0.25, 0.3) is 10.1 Å². The van der Waals surface area contributed by atoms with Gasteiger partial charge in [0.2, 0.25) is 0 Å². The van der Waals surface area contributed by atoms with E-state index in [0.29, 0.717) is 12.8 Å². The van der Waals surface area contributed by atoms with E-state index in [0.717, 1.165) is 6.08 Å². The van der Waals surface area contributed by atoms with Crippen molar-refractivity contribution in [2.45, 2.75) is 38.9 Å². The lowest BCUT2D eigenvalue weighted by Crippen LogP contribution is -2.39. The summed E-state index contributed by atoms with van der Waals surface area (Å²) >= 11 is 0. The van der Waals surface area contributed by atoms with Gasteiger partial charge in [-0.2, -0.15) is 18.6 Å². The molecule has 0 spiro atoms. The summed E-state index contributed by atoms with van der Waals surface area (Å²) in [5.74, 6) is 4.26. The van der Waals surface area contributed by atoms with Gasteiger partial charge in [0, 0.05) is 6.08 Å². The Hall–Kier alpha value is -0.920. The molecule has 2 N–H and O–H groups in total. The molecule has 0 saturated heterocycles. The number of hydrogen-bond acceptors (Lipinski definition) is 6. The van der Waals surface area contributed by atoms with E-state index in [9.17, 15) is 13.2 Å². The Morgan fingerprint density at radius 3 is 2.44 bits per heavy atom. The molecule has 0 aliphatic heterocycles. The summed E-state index contributed by atoms with van der Waals surface area (Å²) in [5, 5.41) is -0.752. The summed E-state index contributed by atoms with van der Waals surface area (Å²) in [5.41, 5.74) is -0.617. The third-order valence-electron chi connectivity index (χ3n) is 2.88. The topological polar surface area (TPSA) is 95.7 Å². The van der Waals surface area contributed by atoms with Crippen molar-refractivity contribution >= 4 is 16.1 Å². The first-order chi connectivity index (χ1) is 8.21. The number of nitrogens with two attached hydrogens (primary N) is 1. The molecule has 0 rings (SSSR count). The summed E-state index contributed by atoms with van der Waals surface area (Å²) in [6, 6.07) is 0. The molecule has 1 unspecified atom stereocenters. The monoisotopic (exact) mass is 279 g/mol. The maximum atomic E-state index is 11.7. The van der Waals surface area contributed by atoms with E-state index in [2.05, 4.69) is 10.9 Å². The minimum Gasteiger partial charge on any atom is -0.463 e. The molecule has 106 valence electrons. The van der Waals surface area contributed by atoms with Gasteiger partial charge in [-0.3, -0.25) is 0 Å². The lowest BCUT2D eigenvalue weighted by molar-refractivity contribution is -0.138. The van der Waals surface area contributed by atoms with Crippen molar-refractivity contribution < 1.29 is 22.2 Å². The van der Waals surface area contributed by atoms with Gasteiger partial charge in [-0.05, 0) is 18.3 Å². The second kappa shape index (κ2) is 6.86. The molecule has 0 fully saturated rings. The van der Waals surface area contributed by atoms with E-state index < -0.39 is 26.8 Å². The Balaban J connectivity index is 4.68. The average molecular weight is 279 g/mol. The molecule has 0 amide bonds. The van der Waals surface area contributed by atoms with Gasteiger partial charge in [-0.25, -0.2) is 4.79 Å². The van der Waals surface area contributed by atoms with Crippen LogP contribution in [-0.2, 0) is 23.9 Å². The molecule has 7 heteroatoms. The molecule has 0 aromatic carbocycles. The fraction of sp³-hybridized carbons (Fsp3) is 0.727. The fourth-order valence-electron chi connectivity index (χ4n) is 1.85. The fourth-order valence-corrected chi connectivity index (χ4v) is 3.29. The summed E-state index contributed by atoms with van der Waals surface area (Å²) in [4.78, 5) is 10.9. The molecular weight excluding hydrogens is 258 g/mol. The predicted molar refractivity (Wildman–Crippen MR) is 67.8 cm³/mol.